The molecule has 1 unspecified atom stereocenters. The second kappa shape index (κ2) is 7.48. The fourth-order valence-corrected chi connectivity index (χ4v) is 3.94. The van der Waals surface area contributed by atoms with Gasteiger partial charge in [-0.1, -0.05) is 0 Å². The van der Waals surface area contributed by atoms with E-state index in [-0.39, 0.29) is 24.1 Å². The average molecular weight is 352 g/mol. The Hall–Kier alpha value is -1.67. The number of urea groups is 1. The highest BCUT2D eigenvalue weighted by molar-refractivity contribution is 7.09. The number of likely N-dealkylation sites (tertiary alicyclic amines) is 1. The van der Waals surface area contributed by atoms with Crippen LogP contribution in [0.5, 0.6) is 0 Å². The number of ether oxygens (including phenoxy) is 1. The van der Waals surface area contributed by atoms with Crippen LogP contribution in [0.1, 0.15) is 36.6 Å². The largest absolute Gasteiger partial charge is 0.367 e. The molecule has 0 spiro atoms. The molecule has 1 aromatic heterocycles. The van der Waals surface area contributed by atoms with Crippen molar-refractivity contribution in [3.63, 3.8) is 0 Å². The van der Waals surface area contributed by atoms with E-state index in [2.05, 4.69) is 10.3 Å². The molecule has 7 nitrogen and oxygen atoms in total. The average Bonchev–Trinajstić information content (AvgIpc) is 3.02. The van der Waals surface area contributed by atoms with Gasteiger partial charge in [-0.25, -0.2) is 9.78 Å². The predicted octanol–water partition coefficient (Wildman–Crippen LogP) is 1.55. The molecule has 3 heterocycles. The lowest BCUT2D eigenvalue weighted by atomic mass is 10.1. The van der Waals surface area contributed by atoms with Gasteiger partial charge in [0.25, 0.3) is 0 Å². The molecule has 2 fully saturated rings. The van der Waals surface area contributed by atoms with Crippen LogP contribution in [0.4, 0.5) is 4.79 Å². The van der Waals surface area contributed by atoms with E-state index in [1.807, 2.05) is 22.1 Å². The lowest BCUT2D eigenvalue weighted by molar-refractivity contribution is -0.129. The first-order chi connectivity index (χ1) is 11.5. The number of piperidine rings is 1. The van der Waals surface area contributed by atoms with Gasteiger partial charge >= 0.3 is 6.03 Å². The number of nitrogens with one attached hydrogen (secondary N) is 1. The third kappa shape index (κ3) is 4.05. The lowest BCUT2D eigenvalue weighted by Gasteiger charge is -2.35. The standard InChI is InChI=1S/C16H24N4O3S/c1-11-10-24-15(17-11)14-9-20(7-8-23-14)16(22)18-13-3-5-19(6-4-13)12(2)21/h10,13-14H,3-9H2,1-2H3,(H,18,22). The number of hydrogen-bond acceptors (Lipinski definition) is 5. The highest BCUT2D eigenvalue weighted by Crippen LogP contribution is 2.25. The van der Waals surface area contributed by atoms with Gasteiger partial charge < -0.3 is 19.9 Å². The number of aryl methyl sites for hydroxylation is 1. The normalized spacial score (nSPS) is 22.5. The van der Waals surface area contributed by atoms with E-state index in [4.69, 9.17) is 4.74 Å². The van der Waals surface area contributed by atoms with Gasteiger partial charge in [0.15, 0.2) is 0 Å². The minimum atomic E-state index is -0.136. The summed E-state index contributed by atoms with van der Waals surface area (Å²) in [6, 6.07) is 0.0920. The molecule has 1 atom stereocenters. The molecule has 24 heavy (non-hydrogen) atoms. The zero-order valence-corrected chi connectivity index (χ0v) is 15.0. The topological polar surface area (TPSA) is 74.8 Å². The van der Waals surface area contributed by atoms with E-state index in [9.17, 15) is 9.59 Å². The third-order valence-corrected chi connectivity index (χ3v) is 5.59. The fourth-order valence-electron chi connectivity index (χ4n) is 3.11. The molecular formula is C16H24N4O3S. The van der Waals surface area contributed by atoms with Crippen molar-refractivity contribution in [3.05, 3.63) is 16.1 Å². The quantitative estimate of drug-likeness (QED) is 0.876. The van der Waals surface area contributed by atoms with Gasteiger partial charge in [0.1, 0.15) is 11.1 Å². The van der Waals surface area contributed by atoms with E-state index >= 15 is 0 Å². The zero-order chi connectivity index (χ0) is 17.1. The Morgan fingerprint density at radius 3 is 2.67 bits per heavy atom. The predicted molar refractivity (Wildman–Crippen MR) is 90.9 cm³/mol. The summed E-state index contributed by atoms with van der Waals surface area (Å²) in [5.41, 5.74) is 0.984. The van der Waals surface area contributed by atoms with Crippen LogP contribution >= 0.6 is 11.3 Å². The molecule has 0 aliphatic carbocycles. The monoisotopic (exact) mass is 352 g/mol. The second-order valence-electron chi connectivity index (χ2n) is 6.36. The molecule has 3 rings (SSSR count). The molecule has 1 N–H and O–H groups in total. The summed E-state index contributed by atoms with van der Waals surface area (Å²) < 4.78 is 5.77. The van der Waals surface area contributed by atoms with Crippen LogP contribution in [0.15, 0.2) is 5.38 Å². The van der Waals surface area contributed by atoms with Crippen molar-refractivity contribution in [2.45, 2.75) is 38.8 Å². The molecule has 0 radical (unpaired) electrons. The summed E-state index contributed by atoms with van der Waals surface area (Å²) in [7, 11) is 0. The number of carbonyl (C=O) groups is 2. The minimum absolute atomic E-state index is 0.0437. The Labute approximate surface area is 146 Å². The van der Waals surface area contributed by atoms with Crippen molar-refractivity contribution in [3.8, 4) is 0 Å². The van der Waals surface area contributed by atoms with Gasteiger partial charge in [-0.15, -0.1) is 11.3 Å². The van der Waals surface area contributed by atoms with Crippen LogP contribution in [0.2, 0.25) is 0 Å². The van der Waals surface area contributed by atoms with Gasteiger partial charge in [0.05, 0.1) is 13.2 Å². The number of hydrogen-bond donors (Lipinski definition) is 1. The van der Waals surface area contributed by atoms with E-state index < -0.39 is 0 Å². The molecule has 2 aliphatic heterocycles. The number of amides is 3. The molecule has 8 heteroatoms. The molecule has 0 saturated carbocycles. The summed E-state index contributed by atoms with van der Waals surface area (Å²) >= 11 is 1.58. The Balaban J connectivity index is 1.51. The van der Waals surface area contributed by atoms with Crippen LogP contribution < -0.4 is 5.32 Å². The lowest BCUT2D eigenvalue weighted by Crippen LogP contribution is -2.52. The first-order valence-electron chi connectivity index (χ1n) is 8.37. The van der Waals surface area contributed by atoms with Gasteiger partial charge in [-0.2, -0.15) is 0 Å². The van der Waals surface area contributed by atoms with E-state index in [0.29, 0.717) is 32.8 Å². The van der Waals surface area contributed by atoms with Crippen LogP contribution in [-0.4, -0.2) is 65.5 Å². The highest BCUT2D eigenvalue weighted by atomic mass is 32.1. The number of carbonyl (C=O) groups excluding carboxylic acids is 2. The molecule has 3 amide bonds. The number of morpholine rings is 1. The molecule has 2 saturated heterocycles. The second-order valence-corrected chi connectivity index (χ2v) is 7.25. The van der Waals surface area contributed by atoms with Gasteiger partial charge in [-0.3, -0.25) is 4.79 Å². The van der Waals surface area contributed by atoms with E-state index in [0.717, 1.165) is 23.5 Å². The summed E-state index contributed by atoms with van der Waals surface area (Å²) in [6.07, 6.45) is 1.48. The summed E-state index contributed by atoms with van der Waals surface area (Å²) in [5, 5.41) is 6.03. The first kappa shape index (κ1) is 17.2. The number of aromatic nitrogens is 1. The Bertz CT molecular complexity index is 598. The van der Waals surface area contributed by atoms with Crippen LogP contribution in [-0.2, 0) is 9.53 Å². The maximum Gasteiger partial charge on any atom is 0.317 e. The molecule has 2 aliphatic rings. The van der Waals surface area contributed by atoms with Crippen molar-refractivity contribution < 1.29 is 14.3 Å². The van der Waals surface area contributed by atoms with Crippen molar-refractivity contribution in [2.75, 3.05) is 32.8 Å². The Morgan fingerprint density at radius 2 is 2.04 bits per heavy atom. The third-order valence-electron chi connectivity index (χ3n) is 4.53. The molecule has 132 valence electrons. The van der Waals surface area contributed by atoms with Gasteiger partial charge in [-0.05, 0) is 19.8 Å². The maximum atomic E-state index is 12.5. The van der Waals surface area contributed by atoms with Crippen molar-refractivity contribution in [1.82, 2.24) is 20.1 Å². The highest BCUT2D eigenvalue weighted by Gasteiger charge is 2.29. The first-order valence-corrected chi connectivity index (χ1v) is 9.25. The number of nitrogens with zero attached hydrogens (tertiary/aromatic N) is 3. The maximum absolute atomic E-state index is 12.5. The van der Waals surface area contributed by atoms with Gasteiger partial charge in [0.2, 0.25) is 5.91 Å². The van der Waals surface area contributed by atoms with Crippen molar-refractivity contribution >= 4 is 23.3 Å². The van der Waals surface area contributed by atoms with Crippen LogP contribution in [0.25, 0.3) is 0 Å². The van der Waals surface area contributed by atoms with E-state index in [1.54, 1.807) is 18.3 Å². The van der Waals surface area contributed by atoms with Crippen molar-refractivity contribution in [1.29, 1.82) is 0 Å². The molecular weight excluding hydrogens is 328 g/mol. The minimum Gasteiger partial charge on any atom is -0.367 e. The number of rotatable bonds is 2. The SMILES string of the molecule is CC(=O)N1CCC(NC(=O)N2CCOC(c3nc(C)cs3)C2)CC1. The van der Waals surface area contributed by atoms with Gasteiger partial charge in [0, 0.05) is 43.7 Å². The molecule has 0 aromatic carbocycles. The van der Waals surface area contributed by atoms with Crippen molar-refractivity contribution in [2.24, 2.45) is 0 Å². The summed E-state index contributed by atoms with van der Waals surface area (Å²) in [5.74, 6) is 0.106. The smallest absolute Gasteiger partial charge is 0.317 e. The van der Waals surface area contributed by atoms with Crippen LogP contribution in [0.3, 0.4) is 0 Å². The fraction of sp³-hybridized carbons (Fsp3) is 0.688. The molecule has 0 bridgehead atoms. The number of thiazole rings is 1. The Kier molecular flexibility index (Phi) is 5.35. The van der Waals surface area contributed by atoms with E-state index in [1.165, 1.54) is 0 Å². The Morgan fingerprint density at radius 1 is 1.29 bits per heavy atom. The summed E-state index contributed by atoms with van der Waals surface area (Å²) in [4.78, 5) is 32.0. The van der Waals surface area contributed by atoms with Crippen LogP contribution in [0, 0.1) is 6.92 Å². The zero-order valence-electron chi connectivity index (χ0n) is 14.2. The molecule has 1 aromatic rings. The summed E-state index contributed by atoms with van der Waals surface area (Å²) in [6.45, 7) is 6.63.